The summed E-state index contributed by atoms with van der Waals surface area (Å²) in [5.74, 6) is -1.06. The first-order valence-corrected chi connectivity index (χ1v) is 19.6. The number of ether oxygens (including phenoxy) is 3. The number of nitrogens with two attached hydrogens (primary N) is 2. The zero-order valence-electron chi connectivity index (χ0n) is 27.5. The van der Waals surface area contributed by atoms with Crippen LogP contribution in [0.5, 0.6) is 0 Å². The maximum atomic E-state index is 12.6. The normalized spacial score (nSPS) is 29.7. The number of nitrogens with zero attached hydrogens (tertiary/aromatic N) is 6. The molecule has 0 radical (unpaired) electrons. The first-order valence-electron chi connectivity index (χ1n) is 15.1. The molecular formula is C23H34N10O17P3+. The van der Waals surface area contributed by atoms with Gasteiger partial charge in [0.1, 0.15) is 24.4 Å². The van der Waals surface area contributed by atoms with Crippen LogP contribution in [0.3, 0.4) is 0 Å². The van der Waals surface area contributed by atoms with Crippen LogP contribution < -0.4 is 27.2 Å². The summed E-state index contributed by atoms with van der Waals surface area (Å²) in [6.45, 7) is -0.176. The number of H-pyrrole nitrogens is 2. The summed E-state index contributed by atoms with van der Waals surface area (Å²) in [5.41, 5.74) is 10.0. The molecule has 0 aliphatic carbocycles. The van der Waals surface area contributed by atoms with Gasteiger partial charge in [0.25, 0.3) is 16.7 Å². The van der Waals surface area contributed by atoms with Crippen molar-refractivity contribution in [2.45, 2.75) is 49.9 Å². The van der Waals surface area contributed by atoms with Crippen molar-refractivity contribution in [3.63, 3.8) is 0 Å². The Morgan fingerprint density at radius 2 is 1.43 bits per heavy atom. The van der Waals surface area contributed by atoms with Crippen molar-refractivity contribution in [3.05, 3.63) is 33.4 Å². The molecule has 11 atom stereocenters. The van der Waals surface area contributed by atoms with E-state index in [0.717, 1.165) is 0 Å². The Labute approximate surface area is 294 Å². The van der Waals surface area contributed by atoms with Crippen molar-refractivity contribution < 1.29 is 75.0 Å². The van der Waals surface area contributed by atoms with Gasteiger partial charge in [-0.3, -0.25) is 33.2 Å². The van der Waals surface area contributed by atoms with E-state index in [9.17, 15) is 48.2 Å². The van der Waals surface area contributed by atoms with Gasteiger partial charge < -0.3 is 50.6 Å². The smallest absolute Gasteiger partial charge is 0.387 e. The largest absolute Gasteiger partial charge is 0.490 e. The van der Waals surface area contributed by atoms with E-state index in [4.69, 9.17) is 30.2 Å². The summed E-state index contributed by atoms with van der Waals surface area (Å²) >= 11 is 0. The SMILES string of the molecule is CO[C@H]1C(C)[C@@H](COP(=O)(O)OP(=O)(O)OP(=O)(O)OC[C@H]2O[C@@H](n3c[n+](C)c4c(=O)[nH]c(N)nc43)C(O)[C@H]2O)O[C@H]1n1cnc2c(=O)[nH]c(N)nc21. The number of fused-ring (bicyclic) bond motifs is 2. The number of rotatable bonds is 13. The third kappa shape index (κ3) is 7.86. The maximum absolute atomic E-state index is 12.6. The number of aryl methyl sites for hydroxylation is 1. The lowest BCUT2D eigenvalue weighted by molar-refractivity contribution is -0.646. The van der Waals surface area contributed by atoms with Crippen molar-refractivity contribution in [2.24, 2.45) is 13.0 Å². The van der Waals surface area contributed by atoms with Gasteiger partial charge in [-0.15, -0.1) is 0 Å². The molecule has 0 saturated carbocycles. The lowest BCUT2D eigenvalue weighted by atomic mass is 10.0. The number of hydrogen-bond donors (Lipinski definition) is 9. The number of aliphatic hydroxyl groups is 2. The van der Waals surface area contributed by atoms with Crippen LogP contribution in [0.25, 0.3) is 22.3 Å². The van der Waals surface area contributed by atoms with Crippen molar-refractivity contribution in [3.8, 4) is 0 Å². The fraction of sp³-hybridized carbons (Fsp3) is 0.565. The molecule has 11 N–H and O–H groups in total. The second-order valence-corrected chi connectivity index (χ2v) is 16.5. The van der Waals surface area contributed by atoms with E-state index in [1.54, 1.807) is 6.92 Å². The van der Waals surface area contributed by atoms with Crippen LogP contribution in [0, 0.1) is 5.92 Å². The predicted molar refractivity (Wildman–Crippen MR) is 172 cm³/mol. The Morgan fingerprint density at radius 3 is 2.06 bits per heavy atom. The van der Waals surface area contributed by atoms with E-state index in [1.807, 2.05) is 0 Å². The molecule has 2 saturated heterocycles. The molecule has 6 heterocycles. The average Bonchev–Trinajstić information content (AvgIpc) is 3.76. The number of nitrogens with one attached hydrogen (secondary N) is 2. The number of aliphatic hydroxyl groups excluding tert-OH is 2. The molecule has 2 aliphatic heterocycles. The van der Waals surface area contributed by atoms with Gasteiger partial charge in [-0.25, -0.2) is 23.2 Å². The molecule has 0 bridgehead atoms. The van der Waals surface area contributed by atoms with Gasteiger partial charge >= 0.3 is 29.0 Å². The Balaban J connectivity index is 1.06. The summed E-state index contributed by atoms with van der Waals surface area (Å²) in [5, 5.41) is 21.2. The summed E-state index contributed by atoms with van der Waals surface area (Å²) in [6.07, 6.45) is -6.78. The van der Waals surface area contributed by atoms with Gasteiger partial charge in [0.2, 0.25) is 24.5 Å². The number of anilines is 2. The first-order chi connectivity index (χ1) is 24.7. The number of nitrogen functional groups attached to an aromatic ring is 2. The van der Waals surface area contributed by atoms with Gasteiger partial charge in [-0.05, 0) is 0 Å². The van der Waals surface area contributed by atoms with E-state index in [1.165, 1.54) is 40.5 Å². The molecule has 4 aromatic heterocycles. The minimum Gasteiger partial charge on any atom is -0.387 e. The Morgan fingerprint density at radius 1 is 0.868 bits per heavy atom. The Hall–Kier alpha value is -3.49. The van der Waals surface area contributed by atoms with Gasteiger partial charge in [-0.2, -0.15) is 23.2 Å². The Kier molecular flexibility index (Phi) is 10.6. The Bertz CT molecular complexity index is 2300. The van der Waals surface area contributed by atoms with Crippen LogP contribution >= 0.6 is 23.5 Å². The fourth-order valence-corrected chi connectivity index (χ4v) is 9.46. The van der Waals surface area contributed by atoms with Crippen LogP contribution in [0.4, 0.5) is 11.9 Å². The number of imidazole rings is 2. The molecule has 30 heteroatoms. The molecule has 6 rings (SSSR count). The second-order valence-electron chi connectivity index (χ2n) is 11.9. The number of phosphoric acid groups is 3. The minimum atomic E-state index is -5.92. The highest BCUT2D eigenvalue weighted by Gasteiger charge is 2.50. The van der Waals surface area contributed by atoms with E-state index >= 15 is 0 Å². The minimum absolute atomic E-state index is 0.0283. The van der Waals surface area contributed by atoms with Crippen molar-refractivity contribution in [1.82, 2.24) is 34.1 Å². The van der Waals surface area contributed by atoms with Gasteiger partial charge in [0.05, 0.1) is 32.7 Å². The highest BCUT2D eigenvalue weighted by molar-refractivity contribution is 7.66. The summed E-state index contributed by atoms with van der Waals surface area (Å²) in [7, 11) is -14.3. The number of hydrogen-bond acceptors (Lipinski definition) is 19. The number of aromatic amines is 2. The lowest BCUT2D eigenvalue weighted by Gasteiger charge is -2.21. The van der Waals surface area contributed by atoms with Gasteiger partial charge in [0.15, 0.2) is 17.4 Å². The van der Waals surface area contributed by atoms with E-state index in [0.29, 0.717) is 0 Å². The highest BCUT2D eigenvalue weighted by Crippen LogP contribution is 2.68. The van der Waals surface area contributed by atoms with Crippen molar-refractivity contribution in [2.75, 3.05) is 31.8 Å². The molecule has 27 nitrogen and oxygen atoms in total. The summed E-state index contributed by atoms with van der Waals surface area (Å²) in [6, 6.07) is 0. The van der Waals surface area contributed by atoms with Crippen LogP contribution in [0.1, 0.15) is 19.4 Å². The average molecular weight is 815 g/mol. The molecule has 4 aromatic rings. The number of aromatic nitrogens is 8. The van der Waals surface area contributed by atoms with Crippen molar-refractivity contribution >= 4 is 57.7 Å². The zero-order chi connectivity index (χ0) is 38.8. The highest BCUT2D eigenvalue weighted by atomic mass is 31.3. The molecule has 292 valence electrons. The van der Waals surface area contributed by atoms with Crippen LogP contribution in [-0.2, 0) is 52.6 Å². The van der Waals surface area contributed by atoms with Gasteiger partial charge in [0, 0.05) is 13.0 Å². The molecule has 0 amide bonds. The predicted octanol–water partition coefficient (Wildman–Crippen LogP) is -2.62. The molecular weight excluding hydrogens is 781 g/mol. The molecule has 0 aromatic carbocycles. The van der Waals surface area contributed by atoms with E-state index < -0.39 is 96.7 Å². The first kappa shape index (κ1) is 39.2. The third-order valence-electron chi connectivity index (χ3n) is 8.31. The van der Waals surface area contributed by atoms with Gasteiger partial charge in [-0.1, -0.05) is 6.92 Å². The zero-order valence-corrected chi connectivity index (χ0v) is 30.2. The summed E-state index contributed by atoms with van der Waals surface area (Å²) < 4.78 is 76.4. The molecule has 2 fully saturated rings. The van der Waals surface area contributed by atoms with Crippen LogP contribution in [-0.4, -0.2) is 110 Å². The van der Waals surface area contributed by atoms with E-state index in [2.05, 4.69) is 38.1 Å². The fourth-order valence-electron chi connectivity index (χ4n) is 5.94. The topological polar surface area (TPSA) is 387 Å². The third-order valence-corrected chi connectivity index (χ3v) is 12.6. The van der Waals surface area contributed by atoms with Crippen molar-refractivity contribution in [1.29, 1.82) is 0 Å². The molecule has 5 unspecified atom stereocenters. The molecule has 53 heavy (non-hydrogen) atoms. The quantitative estimate of drug-likeness (QED) is 0.0493. The monoisotopic (exact) mass is 815 g/mol. The molecule has 0 spiro atoms. The second kappa shape index (κ2) is 14.3. The molecule has 2 aliphatic rings. The van der Waals surface area contributed by atoms with Crippen LogP contribution in [0.2, 0.25) is 0 Å². The standard InChI is InChI=1S/C23H33N10O17P3/c1-8-9(47-21(15(8)44-3)32-6-26-11-16(32)27-22(24)29-18(11)36)4-45-51(38,39)49-53(42,43)50-52(40,41)46-5-10-13(34)14(35)20(48-10)33-7-31(2)12-17(33)28-23(25)30-19(12)37/h6-10,13-15,20-21,34-35H,4-5H2,1-3H3,(H8-,24,25,27,28,29,30,36,37,38,39,40,41,42,43)/p+1/t8?,9-,10-,13+,14?,15+,20-,21-/m1/s1. The summed E-state index contributed by atoms with van der Waals surface area (Å²) in [4.78, 5) is 71.6. The maximum Gasteiger partial charge on any atom is 0.490 e. The van der Waals surface area contributed by atoms with E-state index in [-0.39, 0.29) is 34.2 Å². The number of phosphoric ester groups is 2. The van der Waals surface area contributed by atoms with Crippen LogP contribution in [0.15, 0.2) is 22.2 Å². The lowest BCUT2D eigenvalue weighted by Crippen LogP contribution is -2.34. The number of methoxy groups -OCH3 is 1.